The van der Waals surface area contributed by atoms with Gasteiger partial charge in [0.05, 0.1) is 5.71 Å². The summed E-state index contributed by atoms with van der Waals surface area (Å²) >= 11 is 0. The van der Waals surface area contributed by atoms with Gasteiger partial charge in [-0.25, -0.2) is 4.79 Å². The molecule has 0 saturated carbocycles. The Labute approximate surface area is 165 Å². The van der Waals surface area contributed by atoms with Crippen molar-refractivity contribution in [3.8, 4) is 23.0 Å². The van der Waals surface area contributed by atoms with Crippen molar-refractivity contribution in [3.63, 3.8) is 0 Å². The minimum absolute atomic E-state index is 0.146. The number of rotatable bonds is 7. The molecule has 2 heterocycles. The lowest BCUT2D eigenvalue weighted by molar-refractivity contribution is -0.150. The van der Waals surface area contributed by atoms with Gasteiger partial charge < -0.3 is 23.5 Å². The number of carbonyl (C=O) groups excluding carboxylic acids is 1. The van der Waals surface area contributed by atoms with E-state index in [1.165, 1.54) is 0 Å². The first-order chi connectivity index (χ1) is 14.2. The number of nitrogens with zero attached hydrogens (tertiary/aromatic N) is 3. The van der Waals surface area contributed by atoms with Gasteiger partial charge >= 0.3 is 5.97 Å². The standard InChI is InChI=1S/C20H17N3O6/c1-13(15-7-8-16-17(9-15)27-12-26-16)23-28-11-19(24)25-10-18-21-22-20(29-18)14-5-3-2-4-6-14/h2-9H,10-12H2,1H3/b23-13+. The predicted molar refractivity (Wildman–Crippen MR) is 100 cm³/mol. The highest BCUT2D eigenvalue weighted by atomic mass is 16.7. The number of esters is 1. The first-order valence-corrected chi connectivity index (χ1v) is 8.79. The van der Waals surface area contributed by atoms with E-state index < -0.39 is 5.97 Å². The summed E-state index contributed by atoms with van der Waals surface area (Å²) in [6.07, 6.45) is 0. The van der Waals surface area contributed by atoms with Gasteiger partial charge in [-0.2, -0.15) is 0 Å². The molecule has 0 saturated heterocycles. The molecule has 9 heteroatoms. The topological polar surface area (TPSA) is 105 Å². The van der Waals surface area contributed by atoms with E-state index in [4.69, 9.17) is 23.5 Å². The molecule has 0 bridgehead atoms. The van der Waals surface area contributed by atoms with Crippen LogP contribution in [0.25, 0.3) is 11.5 Å². The van der Waals surface area contributed by atoms with Crippen LogP contribution in [-0.2, 0) is 21.0 Å². The van der Waals surface area contributed by atoms with Gasteiger partial charge in [-0.3, -0.25) is 0 Å². The van der Waals surface area contributed by atoms with E-state index in [1.807, 2.05) is 36.4 Å². The number of fused-ring (bicyclic) bond motifs is 1. The van der Waals surface area contributed by atoms with Crippen LogP contribution in [0.15, 0.2) is 58.1 Å². The molecule has 3 aromatic rings. The molecule has 0 spiro atoms. The molecule has 148 valence electrons. The molecule has 0 radical (unpaired) electrons. The lowest BCUT2D eigenvalue weighted by Crippen LogP contribution is -2.11. The highest BCUT2D eigenvalue weighted by molar-refractivity contribution is 5.99. The molecule has 0 unspecified atom stereocenters. The van der Waals surface area contributed by atoms with Gasteiger partial charge in [-0.1, -0.05) is 23.4 Å². The molecular weight excluding hydrogens is 378 g/mol. The Morgan fingerprint density at radius 2 is 1.93 bits per heavy atom. The first-order valence-electron chi connectivity index (χ1n) is 8.79. The third-order valence-electron chi connectivity index (χ3n) is 4.02. The fourth-order valence-corrected chi connectivity index (χ4v) is 2.55. The first kappa shape index (κ1) is 18.5. The summed E-state index contributed by atoms with van der Waals surface area (Å²) in [6, 6.07) is 14.7. The fourth-order valence-electron chi connectivity index (χ4n) is 2.55. The number of hydrogen-bond acceptors (Lipinski definition) is 9. The van der Waals surface area contributed by atoms with Crippen molar-refractivity contribution in [1.29, 1.82) is 0 Å². The largest absolute Gasteiger partial charge is 0.454 e. The Bertz CT molecular complexity index is 1030. The SMILES string of the molecule is C/C(=N\OCC(=O)OCc1nnc(-c2ccccc2)o1)c1ccc2c(c1)OCO2. The molecule has 4 rings (SSSR count). The molecule has 0 aliphatic carbocycles. The third kappa shape index (κ3) is 4.52. The average Bonchev–Trinajstić information content (AvgIpc) is 3.41. The van der Waals surface area contributed by atoms with E-state index in [0.717, 1.165) is 11.1 Å². The van der Waals surface area contributed by atoms with Crippen LogP contribution >= 0.6 is 0 Å². The van der Waals surface area contributed by atoms with Crippen molar-refractivity contribution >= 4 is 11.7 Å². The molecule has 9 nitrogen and oxygen atoms in total. The second-order valence-corrected chi connectivity index (χ2v) is 6.05. The van der Waals surface area contributed by atoms with Crippen LogP contribution in [0.2, 0.25) is 0 Å². The minimum Gasteiger partial charge on any atom is -0.454 e. The third-order valence-corrected chi connectivity index (χ3v) is 4.02. The monoisotopic (exact) mass is 395 g/mol. The summed E-state index contributed by atoms with van der Waals surface area (Å²) < 4.78 is 21.1. The van der Waals surface area contributed by atoms with E-state index in [-0.39, 0.29) is 25.9 Å². The van der Waals surface area contributed by atoms with Gasteiger partial charge in [0.25, 0.3) is 5.89 Å². The summed E-state index contributed by atoms with van der Waals surface area (Å²) in [5, 5.41) is 11.7. The Kier molecular flexibility index (Phi) is 5.37. The van der Waals surface area contributed by atoms with Crippen molar-refractivity contribution in [3.05, 3.63) is 60.0 Å². The molecular formula is C20H17N3O6. The second kappa shape index (κ2) is 8.42. The smallest absolute Gasteiger partial charge is 0.347 e. The molecule has 2 aromatic carbocycles. The van der Waals surface area contributed by atoms with Gasteiger partial charge in [-0.15, -0.1) is 10.2 Å². The van der Waals surface area contributed by atoms with Gasteiger partial charge in [0.1, 0.15) is 0 Å². The van der Waals surface area contributed by atoms with E-state index >= 15 is 0 Å². The van der Waals surface area contributed by atoms with Crippen LogP contribution in [0.1, 0.15) is 18.4 Å². The van der Waals surface area contributed by atoms with Crippen LogP contribution in [-0.4, -0.2) is 35.3 Å². The molecule has 0 atom stereocenters. The summed E-state index contributed by atoms with van der Waals surface area (Å²) in [4.78, 5) is 16.9. The van der Waals surface area contributed by atoms with Crippen LogP contribution in [0.3, 0.4) is 0 Å². The van der Waals surface area contributed by atoms with Gasteiger partial charge in [0.15, 0.2) is 18.1 Å². The van der Waals surface area contributed by atoms with E-state index in [0.29, 0.717) is 23.1 Å². The van der Waals surface area contributed by atoms with Gasteiger partial charge in [0.2, 0.25) is 19.3 Å². The molecule has 1 aliphatic rings. The van der Waals surface area contributed by atoms with Crippen LogP contribution in [0.5, 0.6) is 11.5 Å². The molecule has 1 aliphatic heterocycles. The number of oxime groups is 1. The Balaban J connectivity index is 1.25. The Morgan fingerprint density at radius 1 is 1.10 bits per heavy atom. The molecule has 29 heavy (non-hydrogen) atoms. The summed E-state index contributed by atoms with van der Waals surface area (Å²) in [6.45, 7) is 1.46. The average molecular weight is 395 g/mol. The maximum Gasteiger partial charge on any atom is 0.347 e. The number of ether oxygens (including phenoxy) is 3. The quantitative estimate of drug-likeness (QED) is 0.342. The zero-order chi connectivity index (χ0) is 20.1. The van der Waals surface area contributed by atoms with Crippen LogP contribution in [0, 0.1) is 0 Å². The maximum absolute atomic E-state index is 11.8. The van der Waals surface area contributed by atoms with Crippen molar-refractivity contribution in [2.45, 2.75) is 13.5 Å². The van der Waals surface area contributed by atoms with Crippen molar-refractivity contribution in [1.82, 2.24) is 10.2 Å². The van der Waals surface area contributed by atoms with Crippen molar-refractivity contribution < 1.29 is 28.3 Å². The number of aromatic nitrogens is 2. The number of hydrogen-bond donors (Lipinski definition) is 0. The van der Waals surface area contributed by atoms with Crippen LogP contribution in [0.4, 0.5) is 0 Å². The zero-order valence-corrected chi connectivity index (χ0v) is 15.5. The lowest BCUT2D eigenvalue weighted by Gasteiger charge is -2.04. The molecule has 0 fully saturated rings. The number of benzene rings is 2. The summed E-state index contributed by atoms with van der Waals surface area (Å²) in [5.74, 6) is 1.27. The Morgan fingerprint density at radius 3 is 2.79 bits per heavy atom. The van der Waals surface area contributed by atoms with Crippen molar-refractivity contribution in [2.75, 3.05) is 13.4 Å². The van der Waals surface area contributed by atoms with E-state index in [9.17, 15) is 4.79 Å². The molecule has 1 aromatic heterocycles. The molecule has 0 amide bonds. The van der Waals surface area contributed by atoms with Gasteiger partial charge in [-0.05, 0) is 37.3 Å². The summed E-state index contributed by atoms with van der Waals surface area (Å²) in [5.41, 5.74) is 2.16. The van der Waals surface area contributed by atoms with Crippen molar-refractivity contribution in [2.24, 2.45) is 5.16 Å². The van der Waals surface area contributed by atoms with Gasteiger partial charge in [0, 0.05) is 11.1 Å². The summed E-state index contributed by atoms with van der Waals surface area (Å²) in [7, 11) is 0. The Hall–Kier alpha value is -3.88. The number of carbonyl (C=O) groups is 1. The van der Waals surface area contributed by atoms with E-state index in [2.05, 4.69) is 15.4 Å². The lowest BCUT2D eigenvalue weighted by atomic mass is 10.1. The highest BCUT2D eigenvalue weighted by Crippen LogP contribution is 2.32. The van der Waals surface area contributed by atoms with E-state index in [1.54, 1.807) is 19.1 Å². The predicted octanol–water partition coefficient (Wildman–Crippen LogP) is 2.95. The molecule has 0 N–H and O–H groups in total. The zero-order valence-electron chi connectivity index (χ0n) is 15.5. The maximum atomic E-state index is 11.8. The highest BCUT2D eigenvalue weighted by Gasteiger charge is 2.15. The minimum atomic E-state index is -0.605. The fraction of sp³-hybridized carbons (Fsp3) is 0.200. The van der Waals surface area contributed by atoms with Crippen LogP contribution < -0.4 is 9.47 Å². The normalized spacial score (nSPS) is 12.7. The second-order valence-electron chi connectivity index (χ2n) is 6.05.